The highest BCUT2D eigenvalue weighted by Crippen LogP contribution is 2.31. The van der Waals surface area contributed by atoms with Crippen LogP contribution < -0.4 is 0 Å². The largest absolute Gasteiger partial charge is 0.357 e. The van der Waals surface area contributed by atoms with Crippen molar-refractivity contribution < 1.29 is 0 Å². The minimum Gasteiger partial charge on any atom is -0.357 e. The Hall–Kier alpha value is -1.02. The SMILES string of the molecule is Brc1cccc2c3c([nH]c12)CCC=C3. The lowest BCUT2D eigenvalue weighted by Gasteiger charge is -2.03. The van der Waals surface area contributed by atoms with E-state index < -0.39 is 0 Å². The van der Waals surface area contributed by atoms with E-state index in [2.05, 4.69) is 51.3 Å². The van der Waals surface area contributed by atoms with E-state index in [1.54, 1.807) is 0 Å². The van der Waals surface area contributed by atoms with Crippen LogP contribution in [-0.4, -0.2) is 4.98 Å². The van der Waals surface area contributed by atoms with Crippen molar-refractivity contribution in [3.8, 4) is 0 Å². The van der Waals surface area contributed by atoms with Crippen molar-refractivity contribution in [1.29, 1.82) is 0 Å². The highest BCUT2D eigenvalue weighted by molar-refractivity contribution is 9.10. The third-order valence-electron chi connectivity index (χ3n) is 2.75. The Labute approximate surface area is 91.0 Å². The minimum atomic E-state index is 1.13. The second-order valence-electron chi connectivity index (χ2n) is 3.62. The maximum absolute atomic E-state index is 3.57. The lowest BCUT2D eigenvalue weighted by Crippen LogP contribution is -1.90. The summed E-state index contributed by atoms with van der Waals surface area (Å²) in [5, 5.41) is 1.32. The number of para-hydroxylation sites is 1. The zero-order valence-corrected chi connectivity index (χ0v) is 9.26. The first-order chi connectivity index (χ1) is 6.86. The number of fused-ring (bicyclic) bond motifs is 3. The van der Waals surface area contributed by atoms with Crippen molar-refractivity contribution in [2.45, 2.75) is 12.8 Å². The summed E-state index contributed by atoms with van der Waals surface area (Å²) in [5.41, 5.74) is 3.96. The smallest absolute Gasteiger partial charge is 0.0606 e. The lowest BCUT2D eigenvalue weighted by atomic mass is 10.0. The van der Waals surface area contributed by atoms with Crippen molar-refractivity contribution in [3.05, 3.63) is 40.0 Å². The molecule has 14 heavy (non-hydrogen) atoms. The van der Waals surface area contributed by atoms with Gasteiger partial charge in [-0.2, -0.15) is 0 Å². The third kappa shape index (κ3) is 1.07. The van der Waals surface area contributed by atoms with Gasteiger partial charge in [0, 0.05) is 21.1 Å². The van der Waals surface area contributed by atoms with Gasteiger partial charge in [-0.05, 0) is 34.8 Å². The molecule has 0 fully saturated rings. The molecule has 70 valence electrons. The number of aromatic amines is 1. The Kier molecular flexibility index (Phi) is 1.77. The van der Waals surface area contributed by atoms with E-state index in [-0.39, 0.29) is 0 Å². The number of benzene rings is 1. The molecule has 1 aliphatic carbocycles. The van der Waals surface area contributed by atoms with E-state index in [9.17, 15) is 0 Å². The van der Waals surface area contributed by atoms with Crippen LogP contribution in [0.5, 0.6) is 0 Å². The van der Waals surface area contributed by atoms with Crippen LogP contribution in [0.1, 0.15) is 17.7 Å². The van der Waals surface area contributed by atoms with Crippen molar-refractivity contribution in [3.63, 3.8) is 0 Å². The zero-order valence-electron chi connectivity index (χ0n) is 7.68. The molecular formula is C12H10BrN. The van der Waals surface area contributed by atoms with E-state index in [1.807, 2.05) is 0 Å². The van der Waals surface area contributed by atoms with Crippen LogP contribution in [-0.2, 0) is 6.42 Å². The fourth-order valence-corrected chi connectivity index (χ4v) is 2.54. The Morgan fingerprint density at radius 2 is 2.21 bits per heavy atom. The van der Waals surface area contributed by atoms with Crippen molar-refractivity contribution in [2.24, 2.45) is 0 Å². The molecule has 0 radical (unpaired) electrons. The van der Waals surface area contributed by atoms with Gasteiger partial charge in [0.05, 0.1) is 5.52 Å². The van der Waals surface area contributed by atoms with Crippen LogP contribution in [0, 0.1) is 0 Å². The van der Waals surface area contributed by atoms with Crippen molar-refractivity contribution in [1.82, 2.24) is 4.98 Å². The number of hydrogen-bond donors (Lipinski definition) is 1. The number of aryl methyl sites for hydroxylation is 1. The summed E-state index contributed by atoms with van der Waals surface area (Å²) in [7, 11) is 0. The molecule has 1 nitrogen and oxygen atoms in total. The second-order valence-corrected chi connectivity index (χ2v) is 4.48. The number of allylic oxidation sites excluding steroid dienone is 1. The van der Waals surface area contributed by atoms with E-state index in [0.717, 1.165) is 17.3 Å². The zero-order chi connectivity index (χ0) is 9.54. The van der Waals surface area contributed by atoms with Gasteiger partial charge >= 0.3 is 0 Å². The van der Waals surface area contributed by atoms with E-state index in [1.165, 1.54) is 22.2 Å². The Balaban J connectivity index is 2.43. The van der Waals surface area contributed by atoms with Gasteiger partial charge in [0.15, 0.2) is 0 Å². The Morgan fingerprint density at radius 3 is 3.14 bits per heavy atom. The van der Waals surface area contributed by atoms with Gasteiger partial charge in [-0.3, -0.25) is 0 Å². The molecule has 1 aromatic heterocycles. The second kappa shape index (κ2) is 2.99. The molecule has 1 aliphatic rings. The number of nitrogens with one attached hydrogen (secondary N) is 1. The van der Waals surface area contributed by atoms with Gasteiger partial charge in [-0.15, -0.1) is 0 Å². The van der Waals surface area contributed by atoms with Gasteiger partial charge in [0.1, 0.15) is 0 Å². The van der Waals surface area contributed by atoms with Gasteiger partial charge in [0.25, 0.3) is 0 Å². The fourth-order valence-electron chi connectivity index (χ4n) is 2.07. The summed E-state index contributed by atoms with van der Waals surface area (Å²) in [4.78, 5) is 3.49. The first-order valence-corrected chi connectivity index (χ1v) is 5.61. The molecule has 0 amide bonds. The van der Waals surface area contributed by atoms with E-state index >= 15 is 0 Å². The van der Waals surface area contributed by atoms with Crippen LogP contribution >= 0.6 is 15.9 Å². The molecule has 0 spiro atoms. The van der Waals surface area contributed by atoms with Crippen LogP contribution in [0.2, 0.25) is 0 Å². The third-order valence-corrected chi connectivity index (χ3v) is 3.41. The molecule has 0 unspecified atom stereocenters. The minimum absolute atomic E-state index is 1.13. The molecule has 3 rings (SSSR count). The van der Waals surface area contributed by atoms with Gasteiger partial charge < -0.3 is 4.98 Å². The molecule has 0 atom stereocenters. The average molecular weight is 248 g/mol. The monoisotopic (exact) mass is 247 g/mol. The topological polar surface area (TPSA) is 15.8 Å². The first-order valence-electron chi connectivity index (χ1n) is 4.82. The number of hydrogen-bond acceptors (Lipinski definition) is 0. The average Bonchev–Trinajstić information content (AvgIpc) is 2.59. The number of halogens is 1. The maximum Gasteiger partial charge on any atom is 0.0606 e. The van der Waals surface area contributed by atoms with Crippen LogP contribution in [0.25, 0.3) is 17.0 Å². The summed E-state index contributed by atoms with van der Waals surface area (Å²) in [6, 6.07) is 6.34. The highest BCUT2D eigenvalue weighted by atomic mass is 79.9. The Morgan fingerprint density at radius 1 is 1.29 bits per heavy atom. The van der Waals surface area contributed by atoms with E-state index in [0.29, 0.717) is 0 Å². The molecule has 1 N–H and O–H groups in total. The Bertz CT molecular complexity index is 522. The normalized spacial score (nSPS) is 14.6. The number of rotatable bonds is 0. The predicted molar refractivity (Wildman–Crippen MR) is 63.4 cm³/mol. The molecule has 2 heteroatoms. The van der Waals surface area contributed by atoms with Gasteiger partial charge in [-0.25, -0.2) is 0 Å². The van der Waals surface area contributed by atoms with Crippen LogP contribution in [0.15, 0.2) is 28.7 Å². The number of aromatic nitrogens is 1. The summed E-state index contributed by atoms with van der Waals surface area (Å²) < 4.78 is 1.15. The van der Waals surface area contributed by atoms with Gasteiger partial charge in [0.2, 0.25) is 0 Å². The predicted octanol–water partition coefficient (Wildman–Crippen LogP) is 3.89. The molecule has 0 saturated heterocycles. The first kappa shape index (κ1) is 8.30. The standard InChI is InChI=1S/C12H10BrN/c13-10-6-3-5-9-8-4-1-2-7-11(8)14-12(9)10/h1,3-6,14H,2,7H2. The molecule has 0 saturated carbocycles. The van der Waals surface area contributed by atoms with Crippen molar-refractivity contribution >= 4 is 32.9 Å². The quantitative estimate of drug-likeness (QED) is 0.727. The number of H-pyrrole nitrogens is 1. The maximum atomic E-state index is 3.57. The van der Waals surface area contributed by atoms with Gasteiger partial charge in [-0.1, -0.05) is 24.3 Å². The molecular weight excluding hydrogens is 238 g/mol. The summed E-state index contributed by atoms with van der Waals surface area (Å²) in [5.74, 6) is 0. The highest BCUT2D eigenvalue weighted by Gasteiger charge is 2.12. The summed E-state index contributed by atoms with van der Waals surface area (Å²) in [6.45, 7) is 0. The van der Waals surface area contributed by atoms with Crippen LogP contribution in [0.4, 0.5) is 0 Å². The molecule has 0 bridgehead atoms. The summed E-state index contributed by atoms with van der Waals surface area (Å²) in [6.07, 6.45) is 6.75. The lowest BCUT2D eigenvalue weighted by molar-refractivity contribution is 0.950. The van der Waals surface area contributed by atoms with E-state index in [4.69, 9.17) is 0 Å². The van der Waals surface area contributed by atoms with Crippen molar-refractivity contribution in [2.75, 3.05) is 0 Å². The van der Waals surface area contributed by atoms with Crippen LogP contribution in [0.3, 0.4) is 0 Å². The molecule has 0 aliphatic heterocycles. The molecule has 1 aromatic carbocycles. The molecule has 2 aromatic rings. The molecule has 1 heterocycles. The summed E-state index contributed by atoms with van der Waals surface area (Å²) >= 11 is 3.57. The fraction of sp³-hybridized carbons (Fsp3) is 0.167.